The largest absolute Gasteiger partial charge is 0.483 e. The van der Waals surface area contributed by atoms with Gasteiger partial charge in [0.1, 0.15) is 12.1 Å². The summed E-state index contributed by atoms with van der Waals surface area (Å²) in [4.78, 5) is 8.80. The van der Waals surface area contributed by atoms with Crippen LogP contribution in [0.4, 0.5) is 13.2 Å². The quantitative estimate of drug-likeness (QED) is 0.902. The molecule has 1 aliphatic heterocycles. The van der Waals surface area contributed by atoms with Crippen LogP contribution in [0.5, 0.6) is 0 Å². The van der Waals surface area contributed by atoms with Crippen molar-refractivity contribution in [2.45, 2.75) is 38.2 Å². The zero-order valence-electron chi connectivity index (χ0n) is 14.4. The molecule has 5 nitrogen and oxygen atoms in total. The van der Waals surface area contributed by atoms with Crippen molar-refractivity contribution < 1.29 is 27.8 Å². The summed E-state index contributed by atoms with van der Waals surface area (Å²) >= 11 is 0. The van der Waals surface area contributed by atoms with Crippen LogP contribution in [0.2, 0.25) is 0 Å². The van der Waals surface area contributed by atoms with Crippen molar-refractivity contribution in [1.29, 1.82) is 0 Å². The molecule has 3 atom stereocenters. The van der Waals surface area contributed by atoms with Gasteiger partial charge in [0.25, 0.3) is 0 Å². The molecule has 138 valence electrons. The van der Waals surface area contributed by atoms with Crippen molar-refractivity contribution >= 4 is 11.8 Å². The lowest BCUT2D eigenvalue weighted by Gasteiger charge is -2.29. The second-order valence-corrected chi connectivity index (χ2v) is 6.04. The molecule has 0 fully saturated rings. The second-order valence-electron chi connectivity index (χ2n) is 6.04. The zero-order valence-corrected chi connectivity index (χ0v) is 14.4. The standard InChI is InChI=1S/C17H21F3N2O3/c1-9(2)12-15(24-3)22-13(16(21-12)25-4)14(23)10-5-7-11(8-6-10)17(18,19)20/h5-9,12-14,23H,1-4H3. The third-order valence-electron chi connectivity index (χ3n) is 3.97. The predicted molar refractivity (Wildman–Crippen MR) is 87.7 cm³/mol. The van der Waals surface area contributed by atoms with Gasteiger partial charge in [-0.2, -0.15) is 13.2 Å². The number of ether oxygens (including phenoxy) is 2. The molecule has 1 heterocycles. The summed E-state index contributed by atoms with van der Waals surface area (Å²) < 4.78 is 48.5. The molecule has 1 N–H and O–H groups in total. The minimum absolute atomic E-state index is 0.105. The van der Waals surface area contributed by atoms with Crippen LogP contribution < -0.4 is 0 Å². The molecule has 0 aliphatic carbocycles. The first kappa shape index (κ1) is 19.2. The Labute approximate surface area is 144 Å². The van der Waals surface area contributed by atoms with Gasteiger partial charge in [-0.15, -0.1) is 0 Å². The van der Waals surface area contributed by atoms with Gasteiger partial charge in [0.2, 0.25) is 11.8 Å². The summed E-state index contributed by atoms with van der Waals surface area (Å²) in [7, 11) is 2.87. The molecule has 0 amide bonds. The Balaban J connectivity index is 2.32. The van der Waals surface area contributed by atoms with Crippen molar-refractivity contribution in [2.24, 2.45) is 15.9 Å². The van der Waals surface area contributed by atoms with E-state index in [0.29, 0.717) is 5.90 Å². The molecule has 3 unspecified atom stereocenters. The lowest BCUT2D eigenvalue weighted by Crippen LogP contribution is -2.40. The van der Waals surface area contributed by atoms with Gasteiger partial charge in [-0.3, -0.25) is 0 Å². The number of aliphatic imine (C=N–C) groups is 2. The van der Waals surface area contributed by atoms with E-state index in [1.54, 1.807) is 0 Å². The number of alkyl halides is 3. The van der Waals surface area contributed by atoms with E-state index in [0.717, 1.165) is 12.1 Å². The third-order valence-corrected chi connectivity index (χ3v) is 3.97. The highest BCUT2D eigenvalue weighted by Crippen LogP contribution is 2.31. The van der Waals surface area contributed by atoms with Crippen LogP contribution in [-0.4, -0.2) is 43.2 Å². The Morgan fingerprint density at radius 3 is 1.88 bits per heavy atom. The van der Waals surface area contributed by atoms with Crippen molar-refractivity contribution in [3.8, 4) is 0 Å². The Bertz CT molecular complexity index is 654. The van der Waals surface area contributed by atoms with Crippen molar-refractivity contribution in [3.05, 3.63) is 35.4 Å². The number of aliphatic hydroxyl groups is 1. The first-order chi connectivity index (χ1) is 11.7. The van der Waals surface area contributed by atoms with Crippen LogP contribution in [0.15, 0.2) is 34.3 Å². The number of hydrogen-bond donors (Lipinski definition) is 1. The van der Waals surface area contributed by atoms with E-state index in [9.17, 15) is 18.3 Å². The fourth-order valence-corrected chi connectivity index (χ4v) is 2.58. The van der Waals surface area contributed by atoms with Gasteiger partial charge < -0.3 is 14.6 Å². The highest BCUT2D eigenvalue weighted by molar-refractivity contribution is 5.94. The first-order valence-corrected chi connectivity index (χ1v) is 7.77. The van der Waals surface area contributed by atoms with Gasteiger partial charge in [-0.25, -0.2) is 9.98 Å². The van der Waals surface area contributed by atoms with E-state index in [1.807, 2.05) is 13.8 Å². The Morgan fingerprint density at radius 2 is 1.44 bits per heavy atom. The Kier molecular flexibility index (Phi) is 5.72. The maximum absolute atomic E-state index is 12.7. The third kappa shape index (κ3) is 4.12. The summed E-state index contributed by atoms with van der Waals surface area (Å²) in [5.41, 5.74) is -0.501. The molecule has 0 aromatic heterocycles. The van der Waals surface area contributed by atoms with Gasteiger partial charge >= 0.3 is 6.18 Å². The molecule has 0 saturated heterocycles. The van der Waals surface area contributed by atoms with Gasteiger partial charge in [-0.1, -0.05) is 26.0 Å². The van der Waals surface area contributed by atoms with E-state index < -0.39 is 23.9 Å². The predicted octanol–water partition coefficient (Wildman–Crippen LogP) is 3.24. The highest BCUT2D eigenvalue weighted by atomic mass is 19.4. The molecule has 25 heavy (non-hydrogen) atoms. The summed E-state index contributed by atoms with van der Waals surface area (Å²) in [6, 6.07) is 3.06. The van der Waals surface area contributed by atoms with Crippen molar-refractivity contribution in [2.75, 3.05) is 14.2 Å². The number of methoxy groups -OCH3 is 2. The van der Waals surface area contributed by atoms with Crippen molar-refractivity contribution in [3.63, 3.8) is 0 Å². The summed E-state index contributed by atoms with van der Waals surface area (Å²) in [5, 5.41) is 10.6. The zero-order chi connectivity index (χ0) is 18.8. The molecule has 0 radical (unpaired) electrons. The fraction of sp³-hybridized carbons (Fsp3) is 0.529. The van der Waals surface area contributed by atoms with Crippen LogP contribution in [-0.2, 0) is 15.7 Å². The molecular formula is C17H21F3N2O3. The van der Waals surface area contributed by atoms with Gasteiger partial charge in [0.05, 0.1) is 19.8 Å². The molecule has 0 saturated carbocycles. The smallest absolute Gasteiger partial charge is 0.416 e. The summed E-state index contributed by atoms with van der Waals surface area (Å²) in [5.74, 6) is 0.673. The Hall–Kier alpha value is -2.09. The molecule has 1 aromatic carbocycles. The highest BCUT2D eigenvalue weighted by Gasteiger charge is 2.36. The molecular weight excluding hydrogens is 337 g/mol. The molecule has 8 heteroatoms. The van der Waals surface area contributed by atoms with Crippen LogP contribution in [0.25, 0.3) is 0 Å². The van der Waals surface area contributed by atoms with Gasteiger partial charge in [0, 0.05) is 0 Å². The number of hydrogen-bond acceptors (Lipinski definition) is 5. The average Bonchev–Trinajstić information content (AvgIpc) is 2.59. The molecule has 0 bridgehead atoms. The van der Waals surface area contributed by atoms with Crippen LogP contribution in [0, 0.1) is 5.92 Å². The topological polar surface area (TPSA) is 63.4 Å². The number of aliphatic hydroxyl groups excluding tert-OH is 1. The molecule has 1 aromatic rings. The minimum atomic E-state index is -4.43. The number of nitrogens with zero attached hydrogens (tertiary/aromatic N) is 2. The van der Waals surface area contributed by atoms with E-state index >= 15 is 0 Å². The summed E-state index contributed by atoms with van der Waals surface area (Å²) in [6.07, 6.45) is -5.64. The Morgan fingerprint density at radius 1 is 0.960 bits per heavy atom. The fourth-order valence-electron chi connectivity index (χ4n) is 2.58. The SMILES string of the molecule is COC1=NC(C(O)c2ccc(C(F)(F)F)cc2)C(OC)=NC1C(C)C. The molecule has 0 spiro atoms. The van der Waals surface area contributed by atoms with Gasteiger partial charge in [0.15, 0.2) is 6.04 Å². The van der Waals surface area contributed by atoms with Crippen molar-refractivity contribution in [1.82, 2.24) is 0 Å². The van der Waals surface area contributed by atoms with E-state index in [1.165, 1.54) is 26.4 Å². The number of benzene rings is 1. The average molecular weight is 358 g/mol. The monoisotopic (exact) mass is 358 g/mol. The van der Waals surface area contributed by atoms with Crippen LogP contribution in [0.3, 0.4) is 0 Å². The molecule has 1 aliphatic rings. The lowest BCUT2D eigenvalue weighted by molar-refractivity contribution is -0.137. The maximum Gasteiger partial charge on any atom is 0.416 e. The maximum atomic E-state index is 12.7. The van der Waals surface area contributed by atoms with Crippen LogP contribution >= 0.6 is 0 Å². The second kappa shape index (κ2) is 7.43. The summed E-state index contributed by atoms with van der Waals surface area (Å²) in [6.45, 7) is 3.89. The first-order valence-electron chi connectivity index (χ1n) is 7.77. The number of rotatable bonds is 3. The normalized spacial score (nSPS) is 22.3. The van der Waals surface area contributed by atoms with E-state index in [4.69, 9.17) is 9.47 Å². The van der Waals surface area contributed by atoms with E-state index in [2.05, 4.69) is 9.98 Å². The minimum Gasteiger partial charge on any atom is -0.483 e. The number of halogens is 3. The molecule has 2 rings (SSSR count). The van der Waals surface area contributed by atoms with Gasteiger partial charge in [-0.05, 0) is 23.6 Å². The lowest BCUT2D eigenvalue weighted by atomic mass is 9.98. The van der Waals surface area contributed by atoms with Crippen LogP contribution in [0.1, 0.15) is 31.1 Å². The van der Waals surface area contributed by atoms with E-state index in [-0.39, 0.29) is 23.4 Å².